The molecule has 0 amide bonds. The molecule has 1 aromatic carbocycles. The van der Waals surface area contributed by atoms with Crippen LogP contribution in [0.1, 0.15) is 31.1 Å². The van der Waals surface area contributed by atoms with E-state index >= 15 is 0 Å². The summed E-state index contributed by atoms with van der Waals surface area (Å²) in [7, 11) is 0. The van der Waals surface area contributed by atoms with E-state index in [9.17, 15) is 4.79 Å². The van der Waals surface area contributed by atoms with Gasteiger partial charge in [-0.1, -0.05) is 44.2 Å². The molecule has 1 aromatic rings. The number of carbonyl (C=O) groups excluding carboxylic acids is 1. The van der Waals surface area contributed by atoms with Crippen molar-refractivity contribution >= 4 is 19.3 Å². The van der Waals surface area contributed by atoms with Crippen LogP contribution in [0, 0.1) is 0 Å². The highest BCUT2D eigenvalue weighted by Gasteiger charge is 1.92. The number of hydrogen-bond acceptors (Lipinski definition) is 1. The van der Waals surface area contributed by atoms with E-state index in [1.165, 1.54) is 0 Å². The van der Waals surface area contributed by atoms with Gasteiger partial charge in [0, 0.05) is 5.56 Å². The van der Waals surface area contributed by atoms with E-state index in [-0.39, 0.29) is 19.3 Å². The Morgan fingerprint density at radius 2 is 1.50 bits per heavy atom. The maximum atomic E-state index is 10.6. The Morgan fingerprint density at radius 3 is 1.75 bits per heavy atom. The highest BCUT2D eigenvalue weighted by Crippen LogP contribution is 1.97. The van der Waals surface area contributed by atoms with Crippen molar-refractivity contribution in [2.75, 3.05) is 0 Å². The molecule has 0 atom stereocenters. The lowest BCUT2D eigenvalue weighted by Gasteiger charge is -1.89. The summed E-state index contributed by atoms with van der Waals surface area (Å²) in [5.74, 6) is 0.121. The van der Waals surface area contributed by atoms with Gasteiger partial charge in [0.1, 0.15) is 0 Å². The van der Waals surface area contributed by atoms with Crippen LogP contribution in [-0.4, -0.2) is 5.78 Å². The first kappa shape index (κ1) is 13.8. The fraction of sp³-hybridized carbons (Fsp3) is 0.300. The first-order chi connectivity index (χ1) is 5.30. The third-order valence-electron chi connectivity index (χ3n) is 1.18. The van der Waals surface area contributed by atoms with Gasteiger partial charge in [0.25, 0.3) is 0 Å². The molecule has 0 unspecified atom stereocenters. The van der Waals surface area contributed by atoms with Gasteiger partial charge >= 0.3 is 0 Å². The maximum Gasteiger partial charge on any atom is 0.159 e. The van der Waals surface area contributed by atoms with Crippen molar-refractivity contribution in [3.05, 3.63) is 35.9 Å². The molecule has 0 aliphatic heterocycles. The smallest absolute Gasteiger partial charge is 0.159 e. The predicted molar refractivity (Wildman–Crippen MR) is 58.2 cm³/mol. The molecule has 0 spiro atoms. The van der Waals surface area contributed by atoms with Gasteiger partial charge in [0.2, 0.25) is 0 Å². The molecular weight excluding hydrogens is 168 g/mol. The second-order valence-corrected chi connectivity index (χ2v) is 1.92. The van der Waals surface area contributed by atoms with E-state index in [0.717, 1.165) is 5.56 Å². The van der Waals surface area contributed by atoms with E-state index in [0.29, 0.717) is 0 Å². The van der Waals surface area contributed by atoms with Gasteiger partial charge in [-0.2, -0.15) is 13.5 Å². The van der Waals surface area contributed by atoms with E-state index in [2.05, 4.69) is 0 Å². The zero-order valence-corrected chi connectivity index (χ0v) is 8.79. The molecule has 0 N–H and O–H groups in total. The fourth-order valence-corrected chi connectivity index (χ4v) is 0.673. The van der Waals surface area contributed by atoms with E-state index in [4.69, 9.17) is 0 Å². The molecule has 68 valence electrons. The Balaban J connectivity index is 0. The van der Waals surface area contributed by atoms with Crippen LogP contribution < -0.4 is 0 Å². The molecule has 12 heavy (non-hydrogen) atoms. The lowest BCUT2D eigenvalue weighted by atomic mass is 10.2. The van der Waals surface area contributed by atoms with Gasteiger partial charge in [-0.3, -0.25) is 4.79 Å². The molecule has 1 nitrogen and oxygen atoms in total. The SMILES string of the molecule is CC.CC(=O)c1ccccc1.S. The van der Waals surface area contributed by atoms with Crippen molar-refractivity contribution in [3.8, 4) is 0 Å². The van der Waals surface area contributed by atoms with Crippen LogP contribution in [0.15, 0.2) is 30.3 Å². The van der Waals surface area contributed by atoms with Crippen LogP contribution in [0.2, 0.25) is 0 Å². The first-order valence-electron chi connectivity index (χ1n) is 3.86. The van der Waals surface area contributed by atoms with Gasteiger partial charge < -0.3 is 0 Å². The molecule has 0 aliphatic carbocycles. The molecule has 0 heterocycles. The minimum Gasteiger partial charge on any atom is -0.295 e. The number of carbonyl (C=O) groups is 1. The zero-order chi connectivity index (χ0) is 8.69. The number of Topliss-reactive ketones (excluding diaryl/α,β-unsaturated/α-hetero) is 1. The maximum absolute atomic E-state index is 10.6. The number of hydrogen-bond donors (Lipinski definition) is 0. The molecule has 0 saturated heterocycles. The van der Waals surface area contributed by atoms with Crippen LogP contribution in [0.3, 0.4) is 0 Å². The van der Waals surface area contributed by atoms with E-state index in [1.54, 1.807) is 6.92 Å². The lowest BCUT2D eigenvalue weighted by molar-refractivity contribution is 0.101. The molecular formula is C10H16OS. The van der Waals surface area contributed by atoms with Gasteiger partial charge in [0.05, 0.1) is 0 Å². The highest BCUT2D eigenvalue weighted by molar-refractivity contribution is 7.59. The summed E-state index contributed by atoms with van der Waals surface area (Å²) < 4.78 is 0. The summed E-state index contributed by atoms with van der Waals surface area (Å²) in [5, 5.41) is 0. The normalized spacial score (nSPS) is 7.25. The molecule has 1 rings (SSSR count). The minimum atomic E-state index is 0. The fourth-order valence-electron chi connectivity index (χ4n) is 0.673. The molecule has 0 aliphatic rings. The second kappa shape index (κ2) is 8.34. The van der Waals surface area contributed by atoms with Crippen molar-refractivity contribution in [2.45, 2.75) is 20.8 Å². The summed E-state index contributed by atoms with van der Waals surface area (Å²) in [6.07, 6.45) is 0. The molecule has 0 saturated carbocycles. The van der Waals surface area contributed by atoms with Gasteiger partial charge in [-0.15, -0.1) is 0 Å². The highest BCUT2D eigenvalue weighted by atomic mass is 32.1. The van der Waals surface area contributed by atoms with Crippen LogP contribution in [0.5, 0.6) is 0 Å². The zero-order valence-electron chi connectivity index (χ0n) is 7.79. The van der Waals surface area contributed by atoms with Gasteiger partial charge in [0.15, 0.2) is 5.78 Å². The average molecular weight is 184 g/mol. The summed E-state index contributed by atoms with van der Waals surface area (Å²) in [4.78, 5) is 10.6. The monoisotopic (exact) mass is 184 g/mol. The Kier molecular flexibility index (Phi) is 9.59. The standard InChI is InChI=1S/C8H8O.C2H6.H2S/c1-7(9)8-5-3-2-4-6-8;1-2;/h2-6H,1H3;1-2H3;1H2. The topological polar surface area (TPSA) is 17.1 Å². The van der Waals surface area contributed by atoms with Crippen molar-refractivity contribution in [1.29, 1.82) is 0 Å². The van der Waals surface area contributed by atoms with Gasteiger partial charge in [-0.05, 0) is 6.92 Å². The Bertz CT molecular complexity index is 206. The van der Waals surface area contributed by atoms with Crippen molar-refractivity contribution in [2.24, 2.45) is 0 Å². The quantitative estimate of drug-likeness (QED) is 0.613. The van der Waals surface area contributed by atoms with E-state index < -0.39 is 0 Å². The third kappa shape index (κ3) is 4.97. The number of ketones is 1. The second-order valence-electron chi connectivity index (χ2n) is 1.92. The van der Waals surface area contributed by atoms with Crippen LogP contribution >= 0.6 is 13.5 Å². The Hall–Kier alpha value is -0.760. The lowest BCUT2D eigenvalue weighted by Crippen LogP contribution is -1.88. The largest absolute Gasteiger partial charge is 0.295 e. The molecule has 0 radical (unpaired) electrons. The molecule has 2 heteroatoms. The minimum absolute atomic E-state index is 0. The van der Waals surface area contributed by atoms with Crippen LogP contribution in [-0.2, 0) is 0 Å². The first-order valence-corrected chi connectivity index (χ1v) is 3.86. The summed E-state index contributed by atoms with van der Waals surface area (Å²) >= 11 is 0. The summed E-state index contributed by atoms with van der Waals surface area (Å²) in [6, 6.07) is 9.23. The van der Waals surface area contributed by atoms with Crippen LogP contribution in [0.25, 0.3) is 0 Å². The third-order valence-corrected chi connectivity index (χ3v) is 1.18. The van der Waals surface area contributed by atoms with E-state index in [1.807, 2.05) is 44.2 Å². The van der Waals surface area contributed by atoms with Gasteiger partial charge in [-0.25, -0.2) is 0 Å². The summed E-state index contributed by atoms with van der Waals surface area (Å²) in [6.45, 7) is 5.56. The molecule has 0 aromatic heterocycles. The Morgan fingerprint density at radius 1 is 1.08 bits per heavy atom. The predicted octanol–water partition coefficient (Wildman–Crippen LogP) is 3.03. The number of rotatable bonds is 1. The molecule has 0 bridgehead atoms. The van der Waals surface area contributed by atoms with Crippen molar-refractivity contribution in [1.82, 2.24) is 0 Å². The number of benzene rings is 1. The van der Waals surface area contributed by atoms with Crippen molar-refractivity contribution in [3.63, 3.8) is 0 Å². The molecule has 0 fully saturated rings. The average Bonchev–Trinajstić information content (AvgIpc) is 2.10. The Labute approximate surface area is 81.3 Å². The summed E-state index contributed by atoms with van der Waals surface area (Å²) in [5.41, 5.74) is 0.775. The van der Waals surface area contributed by atoms with Crippen molar-refractivity contribution < 1.29 is 4.79 Å². The van der Waals surface area contributed by atoms with Crippen LogP contribution in [0.4, 0.5) is 0 Å².